The number of rotatable bonds is 2. The molecule has 3 heteroatoms. The van der Waals surface area contributed by atoms with Crippen molar-refractivity contribution in [2.24, 2.45) is 17.3 Å². The topological polar surface area (TPSA) is 46.2 Å². The number of hydrogen-bond donors (Lipinski definition) is 1. The van der Waals surface area contributed by atoms with Crippen LogP contribution in [0.4, 0.5) is 0 Å². The van der Waals surface area contributed by atoms with E-state index in [0.29, 0.717) is 12.3 Å². The van der Waals surface area contributed by atoms with Crippen molar-refractivity contribution < 1.29 is 9.59 Å². The first-order chi connectivity index (χ1) is 6.33. The van der Waals surface area contributed by atoms with E-state index in [0.717, 1.165) is 6.42 Å². The van der Waals surface area contributed by atoms with Crippen LogP contribution < -0.4 is 5.32 Å². The minimum atomic E-state index is -0.191. The number of piperidine rings is 1. The molecule has 1 unspecified atom stereocenters. The van der Waals surface area contributed by atoms with Gasteiger partial charge in [0, 0.05) is 12.3 Å². The average Bonchev–Trinajstić information content (AvgIpc) is 1.95. The molecule has 1 fully saturated rings. The highest BCUT2D eigenvalue weighted by atomic mass is 16.2. The maximum Gasteiger partial charge on any atom is 0.230 e. The third-order valence-corrected chi connectivity index (χ3v) is 2.85. The summed E-state index contributed by atoms with van der Waals surface area (Å²) in [6, 6.07) is 0. The summed E-state index contributed by atoms with van der Waals surface area (Å²) < 4.78 is 0. The van der Waals surface area contributed by atoms with E-state index in [1.165, 1.54) is 0 Å². The second-order valence-electron chi connectivity index (χ2n) is 5.26. The zero-order chi connectivity index (χ0) is 10.9. The third kappa shape index (κ3) is 2.34. The number of hydrogen-bond acceptors (Lipinski definition) is 2. The second-order valence-corrected chi connectivity index (χ2v) is 5.26. The minimum Gasteiger partial charge on any atom is -0.296 e. The van der Waals surface area contributed by atoms with Crippen LogP contribution in [0, 0.1) is 17.3 Å². The van der Waals surface area contributed by atoms with Crippen LogP contribution in [0.1, 0.15) is 40.5 Å². The fourth-order valence-electron chi connectivity index (χ4n) is 2.06. The number of carbonyl (C=O) groups excluding carboxylic acids is 2. The monoisotopic (exact) mass is 197 g/mol. The van der Waals surface area contributed by atoms with Crippen molar-refractivity contribution in [3.05, 3.63) is 0 Å². The minimum absolute atomic E-state index is 0.0276. The summed E-state index contributed by atoms with van der Waals surface area (Å²) in [7, 11) is 0. The number of amides is 2. The van der Waals surface area contributed by atoms with Crippen LogP contribution >= 0.6 is 0 Å². The van der Waals surface area contributed by atoms with Crippen molar-refractivity contribution in [2.45, 2.75) is 40.5 Å². The summed E-state index contributed by atoms with van der Waals surface area (Å²) in [5.74, 6) is 0.221. The number of imide groups is 1. The van der Waals surface area contributed by atoms with Gasteiger partial charge >= 0.3 is 0 Å². The van der Waals surface area contributed by atoms with Gasteiger partial charge in [-0.2, -0.15) is 0 Å². The Kier molecular flexibility index (Phi) is 2.98. The molecule has 1 saturated heterocycles. The summed E-state index contributed by atoms with van der Waals surface area (Å²) in [6.45, 7) is 8.19. The molecular weight excluding hydrogens is 178 g/mol. The van der Waals surface area contributed by atoms with E-state index in [1.54, 1.807) is 0 Å². The fourth-order valence-corrected chi connectivity index (χ4v) is 2.06. The predicted molar refractivity (Wildman–Crippen MR) is 54.5 cm³/mol. The van der Waals surface area contributed by atoms with E-state index in [4.69, 9.17) is 0 Å². The molecule has 0 aliphatic carbocycles. The molecule has 3 nitrogen and oxygen atoms in total. The van der Waals surface area contributed by atoms with Crippen LogP contribution in [-0.4, -0.2) is 11.8 Å². The molecule has 0 aromatic rings. The smallest absolute Gasteiger partial charge is 0.230 e. The highest BCUT2D eigenvalue weighted by Crippen LogP contribution is 2.37. The lowest BCUT2D eigenvalue weighted by Gasteiger charge is -2.37. The van der Waals surface area contributed by atoms with Crippen molar-refractivity contribution in [3.8, 4) is 0 Å². The van der Waals surface area contributed by atoms with Crippen LogP contribution in [0.2, 0.25) is 0 Å². The summed E-state index contributed by atoms with van der Waals surface area (Å²) in [5.41, 5.74) is -0.191. The highest BCUT2D eigenvalue weighted by Gasteiger charge is 2.41. The molecule has 1 atom stereocenters. The van der Waals surface area contributed by atoms with Crippen molar-refractivity contribution in [1.82, 2.24) is 5.32 Å². The first-order valence-electron chi connectivity index (χ1n) is 5.16. The molecular formula is C11H19NO2. The SMILES string of the molecule is CC(C)CC1C(=O)NC(=O)CC1(C)C. The molecule has 0 aromatic carbocycles. The van der Waals surface area contributed by atoms with E-state index in [2.05, 4.69) is 19.2 Å². The molecule has 1 rings (SSSR count). The summed E-state index contributed by atoms with van der Waals surface area (Å²) >= 11 is 0. The Balaban J connectivity index is 2.80. The van der Waals surface area contributed by atoms with Crippen LogP contribution in [-0.2, 0) is 9.59 Å². The molecule has 1 aliphatic heterocycles. The quantitative estimate of drug-likeness (QED) is 0.685. The first kappa shape index (κ1) is 11.2. The van der Waals surface area contributed by atoms with Crippen LogP contribution in [0.5, 0.6) is 0 Å². The van der Waals surface area contributed by atoms with E-state index in [1.807, 2.05) is 13.8 Å². The zero-order valence-electron chi connectivity index (χ0n) is 9.39. The summed E-state index contributed by atoms with van der Waals surface area (Å²) in [6.07, 6.45) is 1.31. The van der Waals surface area contributed by atoms with Gasteiger partial charge in [0.15, 0.2) is 0 Å². The van der Waals surface area contributed by atoms with E-state index >= 15 is 0 Å². The normalized spacial score (nSPS) is 26.5. The first-order valence-corrected chi connectivity index (χ1v) is 5.16. The lowest BCUT2D eigenvalue weighted by Crippen LogP contribution is -2.50. The van der Waals surface area contributed by atoms with E-state index in [9.17, 15) is 9.59 Å². The van der Waals surface area contributed by atoms with Crippen molar-refractivity contribution >= 4 is 11.8 Å². The second kappa shape index (κ2) is 3.71. The van der Waals surface area contributed by atoms with Crippen LogP contribution in [0.15, 0.2) is 0 Å². The van der Waals surface area contributed by atoms with Crippen LogP contribution in [0.3, 0.4) is 0 Å². The molecule has 0 saturated carbocycles. The lowest BCUT2D eigenvalue weighted by atomic mass is 9.70. The van der Waals surface area contributed by atoms with Crippen molar-refractivity contribution in [1.29, 1.82) is 0 Å². The van der Waals surface area contributed by atoms with Gasteiger partial charge in [0.25, 0.3) is 0 Å². The molecule has 1 aliphatic rings. The van der Waals surface area contributed by atoms with Gasteiger partial charge in [0.05, 0.1) is 0 Å². The highest BCUT2D eigenvalue weighted by molar-refractivity contribution is 5.99. The lowest BCUT2D eigenvalue weighted by molar-refractivity contribution is -0.142. The molecule has 14 heavy (non-hydrogen) atoms. The standard InChI is InChI=1S/C11H19NO2/c1-7(2)5-8-10(14)12-9(13)6-11(8,3)4/h7-8H,5-6H2,1-4H3,(H,12,13,14). The molecule has 0 bridgehead atoms. The van der Waals surface area contributed by atoms with Crippen LogP contribution in [0.25, 0.3) is 0 Å². The number of nitrogens with one attached hydrogen (secondary N) is 1. The maximum atomic E-state index is 11.6. The Bertz CT molecular complexity index is 256. The number of carbonyl (C=O) groups is 2. The van der Waals surface area contributed by atoms with Gasteiger partial charge in [0.1, 0.15) is 0 Å². The van der Waals surface area contributed by atoms with Gasteiger partial charge in [-0.15, -0.1) is 0 Å². The van der Waals surface area contributed by atoms with Gasteiger partial charge in [-0.1, -0.05) is 27.7 Å². The third-order valence-electron chi connectivity index (χ3n) is 2.85. The van der Waals surface area contributed by atoms with Gasteiger partial charge in [-0.25, -0.2) is 0 Å². The molecule has 0 aromatic heterocycles. The largest absolute Gasteiger partial charge is 0.296 e. The molecule has 1 N–H and O–H groups in total. The Hall–Kier alpha value is -0.860. The summed E-state index contributed by atoms with van der Waals surface area (Å²) in [5, 5.41) is 2.41. The average molecular weight is 197 g/mol. The molecule has 1 heterocycles. The Labute approximate surface area is 85.3 Å². The van der Waals surface area contributed by atoms with Gasteiger partial charge in [-0.3, -0.25) is 14.9 Å². The van der Waals surface area contributed by atoms with E-state index < -0.39 is 0 Å². The fraction of sp³-hybridized carbons (Fsp3) is 0.818. The van der Waals surface area contributed by atoms with Gasteiger partial charge in [-0.05, 0) is 17.8 Å². The summed E-state index contributed by atoms with van der Waals surface area (Å²) in [4.78, 5) is 22.8. The Morgan fingerprint density at radius 1 is 1.43 bits per heavy atom. The predicted octanol–water partition coefficient (Wildman–Crippen LogP) is 1.72. The van der Waals surface area contributed by atoms with Crippen molar-refractivity contribution in [2.75, 3.05) is 0 Å². The Morgan fingerprint density at radius 3 is 2.43 bits per heavy atom. The van der Waals surface area contributed by atoms with Gasteiger partial charge in [0.2, 0.25) is 11.8 Å². The van der Waals surface area contributed by atoms with Crippen molar-refractivity contribution in [3.63, 3.8) is 0 Å². The molecule has 2 amide bonds. The maximum absolute atomic E-state index is 11.6. The van der Waals surface area contributed by atoms with E-state index in [-0.39, 0.29) is 23.1 Å². The molecule has 0 spiro atoms. The zero-order valence-corrected chi connectivity index (χ0v) is 9.39. The molecule has 80 valence electrons. The molecule has 0 radical (unpaired) electrons. The Morgan fingerprint density at radius 2 is 2.00 bits per heavy atom. The van der Waals surface area contributed by atoms with Gasteiger partial charge < -0.3 is 0 Å².